The first-order valence-corrected chi connectivity index (χ1v) is 13.1. The SMILES string of the molecule is CCCn1c(COC(=O)c2csc(-c3cccs3)n2)nc2cc(S(=O)(=O)N(C)C)ccc21. The van der Waals surface area contributed by atoms with Gasteiger partial charge in [0, 0.05) is 26.0 Å². The second kappa shape index (κ2) is 9.10. The Labute approximate surface area is 194 Å². The second-order valence-corrected chi connectivity index (χ2v) is 11.2. The molecular formula is C21H22N4O4S3. The number of aryl methyl sites for hydroxylation is 1. The van der Waals surface area contributed by atoms with E-state index in [9.17, 15) is 13.2 Å². The number of imidazole rings is 1. The number of sulfonamides is 1. The Bertz CT molecular complexity index is 1360. The van der Waals surface area contributed by atoms with Gasteiger partial charge < -0.3 is 9.30 Å². The van der Waals surface area contributed by atoms with Gasteiger partial charge in [0.1, 0.15) is 17.4 Å². The molecular weight excluding hydrogens is 468 g/mol. The number of aromatic nitrogens is 3. The van der Waals surface area contributed by atoms with Crippen LogP contribution in [0.15, 0.2) is 46.0 Å². The molecule has 0 atom stereocenters. The van der Waals surface area contributed by atoms with Crippen LogP contribution in [0.25, 0.3) is 20.9 Å². The standard InChI is InChI=1S/C21H22N4O4S3/c1-4-9-25-17-8-7-14(32(27,28)24(2)3)11-15(17)22-19(25)12-29-21(26)16-13-31-20(23-16)18-6-5-10-30-18/h5-8,10-11,13H,4,9,12H2,1-3H3. The molecule has 3 heterocycles. The summed E-state index contributed by atoms with van der Waals surface area (Å²) in [4.78, 5) is 22.7. The second-order valence-electron chi connectivity index (χ2n) is 7.21. The fraction of sp³-hybridized carbons (Fsp3) is 0.286. The molecule has 0 saturated carbocycles. The Morgan fingerprint density at radius 3 is 2.69 bits per heavy atom. The highest BCUT2D eigenvalue weighted by Gasteiger charge is 2.21. The van der Waals surface area contributed by atoms with Crippen molar-refractivity contribution in [3.63, 3.8) is 0 Å². The van der Waals surface area contributed by atoms with Crippen molar-refractivity contribution >= 4 is 49.7 Å². The first-order chi connectivity index (χ1) is 15.3. The highest BCUT2D eigenvalue weighted by atomic mass is 32.2. The molecule has 4 rings (SSSR count). The van der Waals surface area contributed by atoms with Gasteiger partial charge in [-0.05, 0) is 36.1 Å². The van der Waals surface area contributed by atoms with Gasteiger partial charge in [0.2, 0.25) is 10.0 Å². The van der Waals surface area contributed by atoms with Crippen LogP contribution in [0.5, 0.6) is 0 Å². The molecule has 0 aliphatic carbocycles. The van der Waals surface area contributed by atoms with Gasteiger partial charge in [0.15, 0.2) is 5.69 Å². The van der Waals surface area contributed by atoms with Crippen molar-refractivity contribution in [1.29, 1.82) is 0 Å². The molecule has 0 amide bonds. The van der Waals surface area contributed by atoms with Crippen molar-refractivity contribution in [3.05, 3.63) is 52.6 Å². The van der Waals surface area contributed by atoms with Crippen LogP contribution in [0.4, 0.5) is 0 Å². The van der Waals surface area contributed by atoms with Crippen LogP contribution >= 0.6 is 22.7 Å². The largest absolute Gasteiger partial charge is 0.453 e. The van der Waals surface area contributed by atoms with Crippen LogP contribution in [0.1, 0.15) is 29.7 Å². The molecule has 11 heteroatoms. The van der Waals surface area contributed by atoms with Crippen LogP contribution in [0.3, 0.4) is 0 Å². The third kappa shape index (κ3) is 4.33. The summed E-state index contributed by atoms with van der Waals surface area (Å²) in [5.74, 6) is 0.0401. The summed E-state index contributed by atoms with van der Waals surface area (Å²) < 4.78 is 33.5. The predicted octanol–water partition coefficient (Wildman–Crippen LogP) is 4.24. The summed E-state index contributed by atoms with van der Waals surface area (Å²) in [6, 6.07) is 8.76. The van der Waals surface area contributed by atoms with Crippen molar-refractivity contribution in [1.82, 2.24) is 18.8 Å². The molecule has 168 valence electrons. The summed E-state index contributed by atoms with van der Waals surface area (Å²) in [5.41, 5.74) is 1.60. The quantitative estimate of drug-likeness (QED) is 0.343. The minimum Gasteiger partial charge on any atom is -0.453 e. The van der Waals surface area contributed by atoms with E-state index in [-0.39, 0.29) is 17.2 Å². The number of carbonyl (C=O) groups is 1. The molecule has 4 aromatic rings. The van der Waals surface area contributed by atoms with Crippen LogP contribution in [0.2, 0.25) is 0 Å². The number of hydrogen-bond donors (Lipinski definition) is 0. The van der Waals surface area contributed by atoms with Gasteiger partial charge in [0.05, 0.1) is 20.8 Å². The van der Waals surface area contributed by atoms with Gasteiger partial charge in [-0.3, -0.25) is 0 Å². The summed E-state index contributed by atoms with van der Waals surface area (Å²) in [6.07, 6.45) is 0.848. The zero-order valence-corrected chi connectivity index (χ0v) is 20.3. The minimum absolute atomic E-state index is 0.0326. The first kappa shape index (κ1) is 22.6. The Hall–Kier alpha value is -2.60. The fourth-order valence-electron chi connectivity index (χ4n) is 3.20. The van der Waals surface area contributed by atoms with Crippen LogP contribution in [-0.4, -0.2) is 47.3 Å². The molecule has 0 bridgehead atoms. The number of benzene rings is 1. The summed E-state index contributed by atoms with van der Waals surface area (Å²) in [5, 5.41) is 4.42. The van der Waals surface area contributed by atoms with E-state index in [0.717, 1.165) is 26.1 Å². The maximum Gasteiger partial charge on any atom is 0.358 e. The lowest BCUT2D eigenvalue weighted by Crippen LogP contribution is -2.22. The molecule has 0 unspecified atom stereocenters. The van der Waals surface area contributed by atoms with Crippen LogP contribution in [-0.2, 0) is 27.9 Å². The molecule has 3 aromatic heterocycles. The third-order valence-corrected chi connectivity index (χ3v) is 8.49. The molecule has 0 saturated heterocycles. The topological polar surface area (TPSA) is 94.4 Å². The van der Waals surface area contributed by atoms with Gasteiger partial charge in [-0.25, -0.2) is 27.5 Å². The predicted molar refractivity (Wildman–Crippen MR) is 125 cm³/mol. The van der Waals surface area contributed by atoms with E-state index >= 15 is 0 Å². The van der Waals surface area contributed by atoms with E-state index in [1.165, 1.54) is 25.4 Å². The third-order valence-electron chi connectivity index (χ3n) is 4.80. The van der Waals surface area contributed by atoms with E-state index in [2.05, 4.69) is 9.97 Å². The number of hydrogen-bond acceptors (Lipinski definition) is 8. The lowest BCUT2D eigenvalue weighted by Gasteiger charge is -2.11. The Morgan fingerprint density at radius 2 is 2.00 bits per heavy atom. The molecule has 0 fully saturated rings. The van der Waals surface area contributed by atoms with Crippen molar-refractivity contribution in [2.75, 3.05) is 14.1 Å². The summed E-state index contributed by atoms with van der Waals surface area (Å²) in [7, 11) is -0.593. The maximum absolute atomic E-state index is 12.5. The first-order valence-electron chi connectivity index (χ1n) is 9.89. The molecule has 0 N–H and O–H groups in total. The molecule has 0 aliphatic rings. The number of ether oxygens (including phenoxy) is 1. The van der Waals surface area contributed by atoms with Gasteiger partial charge in [-0.1, -0.05) is 13.0 Å². The van der Waals surface area contributed by atoms with E-state index in [1.807, 2.05) is 29.0 Å². The zero-order chi connectivity index (χ0) is 22.9. The van der Waals surface area contributed by atoms with Gasteiger partial charge in [-0.15, -0.1) is 22.7 Å². The highest BCUT2D eigenvalue weighted by Crippen LogP contribution is 2.28. The van der Waals surface area contributed by atoms with E-state index in [4.69, 9.17) is 4.74 Å². The smallest absolute Gasteiger partial charge is 0.358 e. The average Bonchev–Trinajstić information content (AvgIpc) is 3.51. The minimum atomic E-state index is -3.57. The number of esters is 1. The molecule has 32 heavy (non-hydrogen) atoms. The Morgan fingerprint density at radius 1 is 1.19 bits per heavy atom. The Balaban J connectivity index is 1.58. The monoisotopic (exact) mass is 490 g/mol. The molecule has 0 radical (unpaired) electrons. The average molecular weight is 491 g/mol. The lowest BCUT2D eigenvalue weighted by molar-refractivity contribution is 0.0452. The maximum atomic E-state index is 12.5. The number of fused-ring (bicyclic) bond motifs is 1. The van der Waals surface area contributed by atoms with E-state index < -0.39 is 16.0 Å². The van der Waals surface area contributed by atoms with Gasteiger partial charge in [0.25, 0.3) is 0 Å². The summed E-state index contributed by atoms with van der Waals surface area (Å²) in [6.45, 7) is 2.67. The van der Waals surface area contributed by atoms with Gasteiger partial charge >= 0.3 is 5.97 Å². The molecule has 0 spiro atoms. The van der Waals surface area contributed by atoms with Crippen LogP contribution < -0.4 is 0 Å². The molecule has 0 aliphatic heterocycles. The number of carbonyl (C=O) groups excluding carboxylic acids is 1. The van der Waals surface area contributed by atoms with Crippen molar-refractivity contribution in [2.24, 2.45) is 0 Å². The number of rotatable bonds is 8. The van der Waals surface area contributed by atoms with Gasteiger partial charge in [-0.2, -0.15) is 0 Å². The Kier molecular flexibility index (Phi) is 6.42. The number of nitrogens with zero attached hydrogens (tertiary/aromatic N) is 4. The highest BCUT2D eigenvalue weighted by molar-refractivity contribution is 7.89. The van der Waals surface area contributed by atoms with Crippen LogP contribution in [0, 0.1) is 0 Å². The molecule has 8 nitrogen and oxygen atoms in total. The van der Waals surface area contributed by atoms with Crippen molar-refractivity contribution in [2.45, 2.75) is 31.4 Å². The number of thiophene rings is 1. The number of thiazole rings is 1. The zero-order valence-electron chi connectivity index (χ0n) is 17.8. The van der Waals surface area contributed by atoms with E-state index in [0.29, 0.717) is 17.9 Å². The summed E-state index contributed by atoms with van der Waals surface area (Å²) >= 11 is 2.96. The lowest BCUT2D eigenvalue weighted by atomic mass is 10.3. The molecule has 1 aromatic carbocycles. The normalized spacial score (nSPS) is 12.0. The fourth-order valence-corrected chi connectivity index (χ4v) is 5.72. The van der Waals surface area contributed by atoms with Crippen molar-refractivity contribution in [3.8, 4) is 9.88 Å². The van der Waals surface area contributed by atoms with Crippen molar-refractivity contribution < 1.29 is 17.9 Å². The van der Waals surface area contributed by atoms with E-state index in [1.54, 1.807) is 34.9 Å².